The molecule has 3 aliphatic rings. The molecular formula is C21H29N5O2. The number of aromatic nitrogens is 3. The molecule has 1 saturated carbocycles. The Hall–Kier alpha value is -2.15. The lowest BCUT2D eigenvalue weighted by molar-refractivity contribution is 0.0940. The van der Waals surface area contributed by atoms with Gasteiger partial charge in [0.2, 0.25) is 0 Å². The van der Waals surface area contributed by atoms with Crippen molar-refractivity contribution >= 4 is 5.91 Å². The summed E-state index contributed by atoms with van der Waals surface area (Å²) >= 11 is 0. The van der Waals surface area contributed by atoms with Gasteiger partial charge in [-0.25, -0.2) is 0 Å². The highest BCUT2D eigenvalue weighted by Gasteiger charge is 2.27. The number of hydrogen-bond donors (Lipinski definition) is 1. The molecule has 2 aliphatic carbocycles. The second-order valence-corrected chi connectivity index (χ2v) is 8.44. The summed E-state index contributed by atoms with van der Waals surface area (Å²) in [5.41, 5.74) is 3.64. The molecular weight excluding hydrogens is 354 g/mol. The summed E-state index contributed by atoms with van der Waals surface area (Å²) in [4.78, 5) is 15.2. The van der Waals surface area contributed by atoms with Crippen molar-refractivity contribution in [2.45, 2.75) is 83.5 Å². The van der Waals surface area contributed by atoms with Gasteiger partial charge in [-0.2, -0.15) is 5.10 Å². The average molecular weight is 383 g/mol. The maximum Gasteiger partial charge on any atom is 0.274 e. The Morgan fingerprint density at radius 2 is 2.00 bits per heavy atom. The molecule has 0 saturated heterocycles. The maximum absolute atomic E-state index is 12.6. The number of amides is 1. The van der Waals surface area contributed by atoms with E-state index in [-0.39, 0.29) is 5.91 Å². The molecule has 7 heteroatoms. The Balaban J connectivity index is 1.21. The Kier molecular flexibility index (Phi) is 4.93. The number of aryl methyl sites for hydroxylation is 1. The summed E-state index contributed by atoms with van der Waals surface area (Å²) in [6.07, 6.45) is 10.8. The normalized spacial score (nSPS) is 20.6. The van der Waals surface area contributed by atoms with Gasteiger partial charge in [0, 0.05) is 31.1 Å². The van der Waals surface area contributed by atoms with Crippen LogP contribution >= 0.6 is 0 Å². The molecule has 2 aromatic heterocycles. The maximum atomic E-state index is 12.6. The van der Waals surface area contributed by atoms with E-state index in [0.717, 1.165) is 68.4 Å². The van der Waals surface area contributed by atoms with Crippen molar-refractivity contribution in [1.29, 1.82) is 0 Å². The molecule has 28 heavy (non-hydrogen) atoms. The highest BCUT2D eigenvalue weighted by Crippen LogP contribution is 2.26. The molecule has 0 spiro atoms. The summed E-state index contributed by atoms with van der Waals surface area (Å²) in [5.74, 6) is 0.735. The van der Waals surface area contributed by atoms with Crippen LogP contribution in [0.3, 0.4) is 0 Å². The van der Waals surface area contributed by atoms with Gasteiger partial charge in [0.15, 0.2) is 5.69 Å². The Morgan fingerprint density at radius 1 is 1.14 bits per heavy atom. The van der Waals surface area contributed by atoms with Gasteiger partial charge in [-0.15, -0.1) is 0 Å². The first-order chi connectivity index (χ1) is 13.8. The lowest BCUT2D eigenvalue weighted by Crippen LogP contribution is -2.42. The monoisotopic (exact) mass is 383 g/mol. The van der Waals surface area contributed by atoms with Gasteiger partial charge in [-0.1, -0.05) is 24.4 Å². The third kappa shape index (κ3) is 3.48. The van der Waals surface area contributed by atoms with E-state index >= 15 is 0 Å². The molecule has 5 rings (SSSR count). The van der Waals surface area contributed by atoms with Gasteiger partial charge in [-0.05, 0) is 38.2 Å². The first-order valence-corrected chi connectivity index (χ1v) is 10.8. The fourth-order valence-electron chi connectivity index (χ4n) is 5.01. The number of nitrogens with one attached hydrogen (secondary N) is 1. The molecule has 0 aromatic carbocycles. The molecule has 0 bridgehead atoms. The number of hydrogen-bond acceptors (Lipinski definition) is 5. The molecule has 1 aliphatic heterocycles. The Labute approximate surface area is 165 Å². The van der Waals surface area contributed by atoms with E-state index < -0.39 is 0 Å². The molecule has 1 fully saturated rings. The van der Waals surface area contributed by atoms with Crippen LogP contribution in [-0.2, 0) is 32.5 Å². The van der Waals surface area contributed by atoms with Crippen molar-refractivity contribution in [2.75, 3.05) is 6.54 Å². The average Bonchev–Trinajstić information content (AvgIpc) is 3.36. The largest absolute Gasteiger partial charge is 0.360 e. The van der Waals surface area contributed by atoms with Crippen molar-refractivity contribution < 1.29 is 9.32 Å². The van der Waals surface area contributed by atoms with E-state index in [1.807, 2.05) is 0 Å². The van der Waals surface area contributed by atoms with Crippen molar-refractivity contribution in [1.82, 2.24) is 25.2 Å². The third-order valence-electron chi connectivity index (χ3n) is 6.56. The number of carbonyl (C=O) groups is 1. The predicted octanol–water partition coefficient (Wildman–Crippen LogP) is 2.83. The number of carbonyl (C=O) groups excluding carboxylic acids is 1. The van der Waals surface area contributed by atoms with Crippen LogP contribution in [0.25, 0.3) is 0 Å². The van der Waals surface area contributed by atoms with E-state index in [0.29, 0.717) is 12.2 Å². The summed E-state index contributed by atoms with van der Waals surface area (Å²) in [5, 5.41) is 11.7. The number of nitrogens with zero attached hydrogens (tertiary/aromatic N) is 4. The fraction of sp³-hybridized carbons (Fsp3) is 0.667. The number of rotatable bonds is 4. The molecule has 7 nitrogen and oxygen atoms in total. The summed E-state index contributed by atoms with van der Waals surface area (Å²) < 4.78 is 7.47. The van der Waals surface area contributed by atoms with Crippen LogP contribution in [0.4, 0.5) is 0 Å². The second-order valence-electron chi connectivity index (χ2n) is 8.44. The molecule has 0 unspecified atom stereocenters. The highest BCUT2D eigenvalue weighted by atomic mass is 16.5. The van der Waals surface area contributed by atoms with Crippen molar-refractivity contribution in [3.05, 3.63) is 34.5 Å². The molecule has 2 aromatic rings. The fourth-order valence-corrected chi connectivity index (χ4v) is 5.01. The van der Waals surface area contributed by atoms with Crippen molar-refractivity contribution in [3.63, 3.8) is 0 Å². The molecule has 1 N–H and O–H groups in total. The topological polar surface area (TPSA) is 76.2 Å². The number of fused-ring (bicyclic) bond motifs is 2. The van der Waals surface area contributed by atoms with Gasteiger partial charge >= 0.3 is 0 Å². The summed E-state index contributed by atoms with van der Waals surface area (Å²) in [6.45, 7) is 3.43. The molecule has 1 amide bonds. The van der Waals surface area contributed by atoms with Crippen LogP contribution in [0.15, 0.2) is 10.6 Å². The minimum absolute atomic E-state index is 0.151. The van der Waals surface area contributed by atoms with Gasteiger partial charge in [0.05, 0.1) is 24.5 Å². The summed E-state index contributed by atoms with van der Waals surface area (Å²) in [6, 6.07) is 2.88. The van der Waals surface area contributed by atoms with Crippen LogP contribution in [0, 0.1) is 0 Å². The molecule has 0 radical (unpaired) electrons. The van der Waals surface area contributed by atoms with Crippen LogP contribution in [0.2, 0.25) is 0 Å². The zero-order valence-electron chi connectivity index (χ0n) is 16.5. The van der Waals surface area contributed by atoms with Gasteiger partial charge < -0.3 is 9.84 Å². The quantitative estimate of drug-likeness (QED) is 0.879. The highest BCUT2D eigenvalue weighted by molar-refractivity contribution is 5.93. The van der Waals surface area contributed by atoms with Crippen LogP contribution < -0.4 is 5.32 Å². The Morgan fingerprint density at radius 3 is 2.89 bits per heavy atom. The van der Waals surface area contributed by atoms with Gasteiger partial charge in [-0.3, -0.25) is 14.4 Å². The minimum atomic E-state index is -0.151. The zero-order valence-corrected chi connectivity index (χ0v) is 16.5. The first kappa shape index (κ1) is 17.9. The van der Waals surface area contributed by atoms with E-state index in [4.69, 9.17) is 9.62 Å². The first-order valence-electron chi connectivity index (χ1n) is 10.8. The van der Waals surface area contributed by atoms with Crippen molar-refractivity contribution in [3.8, 4) is 0 Å². The van der Waals surface area contributed by atoms with E-state index in [9.17, 15) is 4.79 Å². The summed E-state index contributed by atoms with van der Waals surface area (Å²) in [7, 11) is 0. The van der Waals surface area contributed by atoms with E-state index in [2.05, 4.69) is 26.1 Å². The Bertz CT molecular complexity index is 849. The lowest BCUT2D eigenvalue weighted by Gasteiger charge is -2.36. The molecule has 150 valence electrons. The second kappa shape index (κ2) is 7.70. The van der Waals surface area contributed by atoms with E-state index in [1.165, 1.54) is 37.8 Å². The zero-order chi connectivity index (χ0) is 18.9. The smallest absolute Gasteiger partial charge is 0.274 e. The van der Waals surface area contributed by atoms with E-state index in [1.54, 1.807) is 0 Å². The van der Waals surface area contributed by atoms with Gasteiger partial charge in [0.25, 0.3) is 5.91 Å². The van der Waals surface area contributed by atoms with Crippen LogP contribution in [0.1, 0.15) is 78.1 Å². The molecule has 0 atom stereocenters. The predicted molar refractivity (Wildman–Crippen MR) is 104 cm³/mol. The SMILES string of the molecule is O=C(NCc1cc2n(n1)CCN(C1CCCCC1)C2)c1noc2c1CCCC2. The van der Waals surface area contributed by atoms with Crippen molar-refractivity contribution in [2.24, 2.45) is 0 Å². The minimum Gasteiger partial charge on any atom is -0.360 e. The third-order valence-corrected chi connectivity index (χ3v) is 6.56. The van der Waals surface area contributed by atoms with Crippen LogP contribution in [0.5, 0.6) is 0 Å². The van der Waals surface area contributed by atoms with Crippen LogP contribution in [-0.4, -0.2) is 38.3 Å². The standard InChI is InChI=1S/C21H29N5O2/c27-21(20-18-8-4-5-9-19(18)28-24-20)22-13-15-12-17-14-25(10-11-26(17)23-15)16-6-2-1-3-7-16/h12,16H,1-11,13-14H2,(H,22,27). The molecule has 3 heterocycles. The van der Waals surface area contributed by atoms with Gasteiger partial charge in [0.1, 0.15) is 5.76 Å². The lowest BCUT2D eigenvalue weighted by atomic mass is 9.94.